The van der Waals surface area contributed by atoms with Crippen LogP contribution in [0.4, 0.5) is 5.82 Å². The van der Waals surface area contributed by atoms with E-state index in [2.05, 4.69) is 12.0 Å². The van der Waals surface area contributed by atoms with Crippen molar-refractivity contribution in [3.63, 3.8) is 0 Å². The first-order valence-electron chi connectivity index (χ1n) is 6.24. The maximum absolute atomic E-state index is 12.5. The van der Waals surface area contributed by atoms with Crippen LogP contribution in [0.2, 0.25) is 0 Å². The highest BCUT2D eigenvalue weighted by molar-refractivity contribution is 7.89. The molecule has 1 atom stereocenters. The number of sulfonamides is 1. The number of nitrogens with zero attached hydrogens (tertiary/aromatic N) is 3. The third-order valence-electron chi connectivity index (χ3n) is 3.50. The van der Waals surface area contributed by atoms with Gasteiger partial charge >= 0.3 is 0 Å². The molecule has 2 rings (SSSR count). The van der Waals surface area contributed by atoms with Crippen LogP contribution in [0.3, 0.4) is 0 Å². The molecule has 1 aromatic heterocycles. The van der Waals surface area contributed by atoms with E-state index in [9.17, 15) is 8.42 Å². The molecule has 1 unspecified atom stereocenters. The molecule has 1 aromatic rings. The lowest BCUT2D eigenvalue weighted by molar-refractivity contribution is 0.261. The van der Waals surface area contributed by atoms with Crippen LogP contribution in [-0.2, 0) is 17.1 Å². The Balaban J connectivity index is 2.28. The molecule has 0 bridgehead atoms. The maximum atomic E-state index is 12.5. The van der Waals surface area contributed by atoms with Crippen molar-refractivity contribution in [2.45, 2.75) is 31.1 Å². The molecule has 0 spiro atoms. The number of anilines is 1. The van der Waals surface area contributed by atoms with Gasteiger partial charge in [-0.05, 0) is 18.8 Å². The first-order valence-corrected chi connectivity index (χ1v) is 7.68. The zero-order valence-corrected chi connectivity index (χ0v) is 11.7. The van der Waals surface area contributed by atoms with E-state index in [1.54, 1.807) is 7.05 Å². The van der Waals surface area contributed by atoms with Crippen molar-refractivity contribution in [3.8, 4) is 0 Å². The second-order valence-electron chi connectivity index (χ2n) is 4.83. The van der Waals surface area contributed by atoms with Crippen LogP contribution < -0.4 is 5.73 Å². The van der Waals surface area contributed by atoms with Crippen molar-refractivity contribution >= 4 is 15.8 Å². The largest absolute Gasteiger partial charge is 0.381 e. The Labute approximate surface area is 108 Å². The quantitative estimate of drug-likeness (QED) is 0.883. The van der Waals surface area contributed by atoms with E-state index < -0.39 is 10.0 Å². The van der Waals surface area contributed by atoms with Gasteiger partial charge in [0.25, 0.3) is 0 Å². The summed E-state index contributed by atoms with van der Waals surface area (Å²) in [4.78, 5) is 0.127. The topological polar surface area (TPSA) is 81.2 Å². The van der Waals surface area contributed by atoms with Gasteiger partial charge in [-0.3, -0.25) is 4.68 Å². The van der Waals surface area contributed by atoms with Crippen LogP contribution in [0.15, 0.2) is 11.1 Å². The van der Waals surface area contributed by atoms with Gasteiger partial charge in [-0.1, -0.05) is 13.3 Å². The van der Waals surface area contributed by atoms with Crippen LogP contribution >= 0.6 is 0 Å². The van der Waals surface area contributed by atoms with Gasteiger partial charge in [-0.15, -0.1) is 0 Å². The SMILES string of the molecule is CCC1CCCN(S(=O)(=O)c2cn(C)nc2N)C1. The van der Waals surface area contributed by atoms with E-state index in [0.29, 0.717) is 19.0 Å². The van der Waals surface area contributed by atoms with Gasteiger partial charge in [-0.25, -0.2) is 8.42 Å². The van der Waals surface area contributed by atoms with E-state index in [0.717, 1.165) is 19.3 Å². The number of nitrogen functional groups attached to an aromatic ring is 1. The van der Waals surface area contributed by atoms with Crippen LogP contribution in [0.1, 0.15) is 26.2 Å². The Kier molecular flexibility index (Phi) is 3.63. The van der Waals surface area contributed by atoms with Crippen molar-refractivity contribution in [2.75, 3.05) is 18.8 Å². The maximum Gasteiger partial charge on any atom is 0.248 e. The predicted octanol–water partition coefficient (Wildman–Crippen LogP) is 0.813. The van der Waals surface area contributed by atoms with Crippen molar-refractivity contribution in [2.24, 2.45) is 13.0 Å². The molecular formula is C11H20N4O2S. The van der Waals surface area contributed by atoms with Crippen LogP contribution in [0.25, 0.3) is 0 Å². The molecule has 0 amide bonds. The molecule has 0 aliphatic carbocycles. The van der Waals surface area contributed by atoms with Gasteiger partial charge in [0.15, 0.2) is 5.82 Å². The molecule has 0 aromatic carbocycles. The highest BCUT2D eigenvalue weighted by Gasteiger charge is 2.32. The molecule has 1 aliphatic heterocycles. The highest BCUT2D eigenvalue weighted by Crippen LogP contribution is 2.27. The first-order chi connectivity index (χ1) is 8.45. The fourth-order valence-electron chi connectivity index (χ4n) is 2.40. The summed E-state index contributed by atoms with van der Waals surface area (Å²) < 4.78 is 27.9. The molecule has 1 fully saturated rings. The van der Waals surface area contributed by atoms with Crippen molar-refractivity contribution in [1.29, 1.82) is 0 Å². The molecule has 2 N–H and O–H groups in total. The minimum atomic E-state index is -3.49. The minimum Gasteiger partial charge on any atom is -0.381 e. The van der Waals surface area contributed by atoms with E-state index in [-0.39, 0.29) is 10.7 Å². The average molecular weight is 272 g/mol. The van der Waals surface area contributed by atoms with Crippen LogP contribution in [0.5, 0.6) is 0 Å². The number of hydrogen-bond donors (Lipinski definition) is 1. The predicted molar refractivity (Wildman–Crippen MR) is 69.4 cm³/mol. The number of rotatable bonds is 3. The van der Waals surface area contributed by atoms with E-state index in [1.165, 1.54) is 15.2 Å². The van der Waals surface area contributed by atoms with Gasteiger partial charge in [-0.2, -0.15) is 9.40 Å². The summed E-state index contributed by atoms with van der Waals surface area (Å²) in [6.07, 6.45) is 4.50. The van der Waals surface area contributed by atoms with Gasteiger partial charge in [0.05, 0.1) is 0 Å². The molecule has 2 heterocycles. The zero-order valence-electron chi connectivity index (χ0n) is 10.8. The second-order valence-corrected chi connectivity index (χ2v) is 6.74. The fraction of sp³-hybridized carbons (Fsp3) is 0.727. The normalized spacial score (nSPS) is 22.2. The standard InChI is InChI=1S/C11H20N4O2S/c1-3-9-5-4-6-15(7-9)18(16,17)10-8-14(2)13-11(10)12/h8-9H,3-7H2,1-2H3,(H2,12,13). The number of aromatic nitrogens is 2. The number of nitrogens with two attached hydrogens (primary N) is 1. The van der Waals surface area contributed by atoms with Crippen LogP contribution in [0, 0.1) is 5.92 Å². The molecule has 0 saturated carbocycles. The summed E-state index contributed by atoms with van der Waals surface area (Å²) in [6, 6.07) is 0. The van der Waals surface area contributed by atoms with Gasteiger partial charge in [0, 0.05) is 26.3 Å². The average Bonchev–Trinajstić information content (AvgIpc) is 2.69. The zero-order chi connectivity index (χ0) is 13.3. The summed E-state index contributed by atoms with van der Waals surface area (Å²) in [5, 5.41) is 3.90. The fourth-order valence-corrected chi connectivity index (χ4v) is 4.05. The Morgan fingerprint density at radius 1 is 1.56 bits per heavy atom. The number of piperidine rings is 1. The summed E-state index contributed by atoms with van der Waals surface area (Å²) >= 11 is 0. The molecule has 102 valence electrons. The van der Waals surface area contributed by atoms with Crippen LogP contribution in [-0.4, -0.2) is 35.6 Å². The smallest absolute Gasteiger partial charge is 0.248 e. The lowest BCUT2D eigenvalue weighted by Crippen LogP contribution is -2.39. The molecule has 7 heteroatoms. The van der Waals surface area contributed by atoms with E-state index in [1.807, 2.05) is 0 Å². The number of aryl methyl sites for hydroxylation is 1. The van der Waals surface area contributed by atoms with Crippen molar-refractivity contribution < 1.29 is 8.42 Å². The Hall–Kier alpha value is -1.08. The molecule has 6 nitrogen and oxygen atoms in total. The Morgan fingerprint density at radius 3 is 2.83 bits per heavy atom. The molecule has 1 saturated heterocycles. The first kappa shape index (κ1) is 13.4. The van der Waals surface area contributed by atoms with Gasteiger partial charge < -0.3 is 5.73 Å². The lowest BCUT2D eigenvalue weighted by atomic mass is 9.97. The minimum absolute atomic E-state index is 0.0797. The molecule has 18 heavy (non-hydrogen) atoms. The summed E-state index contributed by atoms with van der Waals surface area (Å²) in [5.74, 6) is 0.530. The second kappa shape index (κ2) is 4.89. The Morgan fingerprint density at radius 2 is 2.28 bits per heavy atom. The van der Waals surface area contributed by atoms with E-state index >= 15 is 0 Å². The summed E-state index contributed by atoms with van der Waals surface area (Å²) in [7, 11) is -1.82. The lowest BCUT2D eigenvalue weighted by Gasteiger charge is -2.31. The summed E-state index contributed by atoms with van der Waals surface area (Å²) in [6.45, 7) is 3.26. The molecule has 1 aliphatic rings. The Bertz CT molecular complexity index is 523. The number of hydrogen-bond acceptors (Lipinski definition) is 4. The van der Waals surface area contributed by atoms with Crippen molar-refractivity contribution in [3.05, 3.63) is 6.20 Å². The van der Waals surface area contributed by atoms with E-state index in [4.69, 9.17) is 5.73 Å². The van der Waals surface area contributed by atoms with Crippen molar-refractivity contribution in [1.82, 2.24) is 14.1 Å². The van der Waals surface area contributed by atoms with Gasteiger partial charge in [0.2, 0.25) is 10.0 Å². The third-order valence-corrected chi connectivity index (χ3v) is 5.38. The molecule has 0 radical (unpaired) electrons. The monoisotopic (exact) mass is 272 g/mol. The molecular weight excluding hydrogens is 252 g/mol. The third kappa shape index (κ3) is 2.37. The summed E-state index contributed by atoms with van der Waals surface area (Å²) in [5.41, 5.74) is 5.66. The van der Waals surface area contributed by atoms with Gasteiger partial charge in [0.1, 0.15) is 4.90 Å². The highest BCUT2D eigenvalue weighted by atomic mass is 32.2.